The first-order chi connectivity index (χ1) is 7.54. The number of terminal acetylenes is 1. The van der Waals surface area contributed by atoms with Gasteiger partial charge in [0, 0.05) is 6.07 Å². The maximum atomic E-state index is 11.5. The molecule has 0 aliphatic carbocycles. The van der Waals surface area contributed by atoms with Gasteiger partial charge in [-0.2, -0.15) is 0 Å². The van der Waals surface area contributed by atoms with Crippen molar-refractivity contribution in [2.45, 2.75) is 13.5 Å². The molecule has 5 nitrogen and oxygen atoms in total. The topological polar surface area (TPSA) is 64.0 Å². The Balaban J connectivity index is 2.86. The van der Waals surface area contributed by atoms with E-state index in [1.807, 2.05) is 0 Å². The summed E-state index contributed by atoms with van der Waals surface area (Å²) in [6.07, 6.45) is 4.99. The third kappa shape index (κ3) is 3.11. The molecule has 16 heavy (non-hydrogen) atoms. The third-order valence-corrected chi connectivity index (χ3v) is 2.05. The zero-order valence-electron chi connectivity index (χ0n) is 8.66. The molecule has 0 saturated carbocycles. The molecular formula is C10H10ClN3O2. The minimum absolute atomic E-state index is 0.114. The lowest BCUT2D eigenvalue weighted by atomic mass is 10.4. The van der Waals surface area contributed by atoms with Gasteiger partial charge in [0.05, 0.1) is 6.54 Å². The lowest BCUT2D eigenvalue weighted by molar-refractivity contribution is -0.121. The molecule has 1 amide bonds. The molecule has 0 aliphatic rings. The monoisotopic (exact) mass is 239 g/mol. The fourth-order valence-electron chi connectivity index (χ4n) is 1.13. The standard InChI is InChI=1S/C10H10ClN3O2/c1-3-4-12-9(15)6-14-7(2)13-8(11)5-10(14)16/h1,5H,4,6H2,2H3,(H,12,15). The molecule has 84 valence electrons. The van der Waals surface area contributed by atoms with E-state index >= 15 is 0 Å². The molecule has 1 N–H and O–H groups in total. The van der Waals surface area contributed by atoms with E-state index < -0.39 is 0 Å². The van der Waals surface area contributed by atoms with Crippen LogP contribution in [0.5, 0.6) is 0 Å². The zero-order chi connectivity index (χ0) is 12.1. The molecule has 0 aromatic carbocycles. The van der Waals surface area contributed by atoms with E-state index in [9.17, 15) is 9.59 Å². The Bertz CT molecular complexity index is 502. The molecule has 0 radical (unpaired) electrons. The summed E-state index contributed by atoms with van der Waals surface area (Å²) < 4.78 is 1.22. The van der Waals surface area contributed by atoms with Crippen molar-refractivity contribution in [3.05, 3.63) is 27.4 Å². The number of aryl methyl sites for hydroxylation is 1. The van der Waals surface area contributed by atoms with Crippen LogP contribution >= 0.6 is 11.6 Å². The number of carbonyl (C=O) groups excluding carboxylic acids is 1. The second-order valence-corrected chi connectivity index (χ2v) is 3.42. The third-order valence-electron chi connectivity index (χ3n) is 1.86. The van der Waals surface area contributed by atoms with Crippen molar-refractivity contribution in [3.8, 4) is 12.3 Å². The van der Waals surface area contributed by atoms with Crippen molar-refractivity contribution in [2.24, 2.45) is 0 Å². The largest absolute Gasteiger partial charge is 0.344 e. The van der Waals surface area contributed by atoms with Crippen LogP contribution in [-0.4, -0.2) is 22.0 Å². The highest BCUT2D eigenvalue weighted by Gasteiger charge is 2.07. The number of carbonyl (C=O) groups is 1. The molecule has 0 spiro atoms. The van der Waals surface area contributed by atoms with E-state index in [4.69, 9.17) is 18.0 Å². The van der Waals surface area contributed by atoms with Crippen molar-refractivity contribution in [1.82, 2.24) is 14.9 Å². The molecule has 1 rings (SSSR count). The Kier molecular flexibility index (Phi) is 4.09. The van der Waals surface area contributed by atoms with Crippen LogP contribution in [0.1, 0.15) is 5.82 Å². The Morgan fingerprint density at radius 3 is 3.00 bits per heavy atom. The van der Waals surface area contributed by atoms with Gasteiger partial charge in [0.2, 0.25) is 5.91 Å². The fraction of sp³-hybridized carbons (Fsp3) is 0.300. The van der Waals surface area contributed by atoms with Crippen molar-refractivity contribution in [1.29, 1.82) is 0 Å². The van der Waals surface area contributed by atoms with Crippen LogP contribution in [0.25, 0.3) is 0 Å². The molecule has 6 heteroatoms. The summed E-state index contributed by atoms with van der Waals surface area (Å²) in [5, 5.41) is 2.57. The Morgan fingerprint density at radius 2 is 2.44 bits per heavy atom. The lowest BCUT2D eigenvalue weighted by Gasteiger charge is -2.08. The average Bonchev–Trinajstić information content (AvgIpc) is 2.20. The first-order valence-electron chi connectivity index (χ1n) is 4.48. The van der Waals surface area contributed by atoms with Crippen LogP contribution in [0.4, 0.5) is 0 Å². The minimum Gasteiger partial charge on any atom is -0.344 e. The summed E-state index contributed by atoms with van der Waals surface area (Å²) >= 11 is 5.59. The molecule has 0 atom stereocenters. The molecule has 1 aromatic heterocycles. The van der Waals surface area contributed by atoms with Gasteiger partial charge in [-0.3, -0.25) is 14.2 Å². The fourth-order valence-corrected chi connectivity index (χ4v) is 1.34. The van der Waals surface area contributed by atoms with Crippen LogP contribution < -0.4 is 10.9 Å². The number of nitrogens with zero attached hydrogens (tertiary/aromatic N) is 2. The highest BCUT2D eigenvalue weighted by molar-refractivity contribution is 6.29. The van der Waals surface area contributed by atoms with Crippen molar-refractivity contribution in [2.75, 3.05) is 6.54 Å². The van der Waals surface area contributed by atoms with Crippen LogP contribution in [0, 0.1) is 19.3 Å². The van der Waals surface area contributed by atoms with Gasteiger partial charge in [0.25, 0.3) is 5.56 Å². The minimum atomic E-state index is -0.367. The smallest absolute Gasteiger partial charge is 0.255 e. The van der Waals surface area contributed by atoms with E-state index in [0.29, 0.717) is 5.82 Å². The zero-order valence-corrected chi connectivity index (χ0v) is 9.41. The Hall–Kier alpha value is -1.80. The van der Waals surface area contributed by atoms with E-state index in [0.717, 1.165) is 6.07 Å². The highest BCUT2D eigenvalue weighted by atomic mass is 35.5. The maximum absolute atomic E-state index is 11.5. The summed E-state index contributed by atoms with van der Waals surface area (Å²) in [6.45, 7) is 1.62. The summed E-state index contributed by atoms with van der Waals surface area (Å²) in [6, 6.07) is 1.16. The van der Waals surface area contributed by atoms with Gasteiger partial charge in [-0.05, 0) is 6.92 Å². The number of aromatic nitrogens is 2. The molecule has 0 fully saturated rings. The van der Waals surface area contributed by atoms with Gasteiger partial charge in [0.1, 0.15) is 17.5 Å². The highest BCUT2D eigenvalue weighted by Crippen LogP contribution is 2.00. The molecule has 0 bridgehead atoms. The second-order valence-electron chi connectivity index (χ2n) is 3.03. The Labute approximate surface area is 97.4 Å². The lowest BCUT2D eigenvalue weighted by Crippen LogP contribution is -2.33. The predicted molar refractivity (Wildman–Crippen MR) is 60.1 cm³/mol. The van der Waals surface area contributed by atoms with E-state index in [-0.39, 0.29) is 29.7 Å². The van der Waals surface area contributed by atoms with Crippen LogP contribution in [-0.2, 0) is 11.3 Å². The van der Waals surface area contributed by atoms with E-state index in [1.165, 1.54) is 4.57 Å². The van der Waals surface area contributed by atoms with Crippen LogP contribution in [0.15, 0.2) is 10.9 Å². The summed E-state index contributed by atoms with van der Waals surface area (Å²) in [7, 11) is 0. The summed E-state index contributed by atoms with van der Waals surface area (Å²) in [4.78, 5) is 26.7. The van der Waals surface area contributed by atoms with Gasteiger partial charge in [-0.15, -0.1) is 6.42 Å². The number of rotatable bonds is 3. The SMILES string of the molecule is C#CCNC(=O)Cn1c(C)nc(Cl)cc1=O. The molecule has 1 aromatic rings. The number of hydrogen-bond acceptors (Lipinski definition) is 3. The first kappa shape index (κ1) is 12.3. The van der Waals surface area contributed by atoms with Gasteiger partial charge in [0.15, 0.2) is 0 Å². The summed E-state index contributed by atoms with van der Waals surface area (Å²) in [5.74, 6) is 2.31. The van der Waals surface area contributed by atoms with Crippen molar-refractivity contribution in [3.63, 3.8) is 0 Å². The molecule has 0 saturated heterocycles. The number of hydrogen-bond donors (Lipinski definition) is 1. The van der Waals surface area contributed by atoms with Crippen LogP contribution in [0.2, 0.25) is 5.15 Å². The summed E-state index contributed by atoms with van der Waals surface area (Å²) in [5.41, 5.74) is -0.367. The number of amides is 1. The average molecular weight is 240 g/mol. The van der Waals surface area contributed by atoms with E-state index in [2.05, 4.69) is 16.2 Å². The van der Waals surface area contributed by atoms with Crippen molar-refractivity contribution < 1.29 is 4.79 Å². The van der Waals surface area contributed by atoms with Crippen molar-refractivity contribution >= 4 is 17.5 Å². The van der Waals surface area contributed by atoms with Crippen LogP contribution in [0.3, 0.4) is 0 Å². The van der Waals surface area contributed by atoms with Gasteiger partial charge in [-0.25, -0.2) is 4.98 Å². The molecule has 1 heterocycles. The predicted octanol–water partition coefficient (Wildman–Crippen LogP) is -0.0455. The number of halogens is 1. The normalized spacial score (nSPS) is 9.56. The first-order valence-corrected chi connectivity index (χ1v) is 4.86. The molecule has 0 aliphatic heterocycles. The van der Waals surface area contributed by atoms with Gasteiger partial charge < -0.3 is 5.32 Å². The van der Waals surface area contributed by atoms with E-state index in [1.54, 1.807) is 6.92 Å². The second kappa shape index (κ2) is 5.33. The Morgan fingerprint density at radius 1 is 1.75 bits per heavy atom. The quantitative estimate of drug-likeness (QED) is 0.595. The maximum Gasteiger partial charge on any atom is 0.255 e. The molecular weight excluding hydrogens is 230 g/mol. The number of nitrogens with one attached hydrogen (secondary N) is 1. The van der Waals surface area contributed by atoms with Gasteiger partial charge >= 0.3 is 0 Å². The van der Waals surface area contributed by atoms with Gasteiger partial charge in [-0.1, -0.05) is 17.5 Å². The molecule has 0 unspecified atom stereocenters.